The van der Waals surface area contributed by atoms with E-state index in [1.54, 1.807) is 17.0 Å². The average Bonchev–Trinajstić information content (AvgIpc) is 2.86. The van der Waals surface area contributed by atoms with Gasteiger partial charge < -0.3 is 0 Å². The minimum atomic E-state index is 0.596. The van der Waals surface area contributed by atoms with Gasteiger partial charge in [-0.2, -0.15) is 14.6 Å². The maximum atomic E-state index is 4.26. The molecular formula is C9H8N6. The van der Waals surface area contributed by atoms with E-state index in [1.807, 2.05) is 23.8 Å². The molecule has 15 heavy (non-hydrogen) atoms. The number of aromatic nitrogens is 6. The van der Waals surface area contributed by atoms with Gasteiger partial charge in [-0.15, -0.1) is 0 Å². The summed E-state index contributed by atoms with van der Waals surface area (Å²) in [5, 5.41) is 4.11. The van der Waals surface area contributed by atoms with E-state index in [1.165, 1.54) is 6.33 Å². The molecule has 0 saturated heterocycles. The van der Waals surface area contributed by atoms with Crippen molar-refractivity contribution >= 4 is 5.78 Å². The molecule has 3 heterocycles. The maximum absolute atomic E-state index is 4.26. The minimum absolute atomic E-state index is 0.596. The van der Waals surface area contributed by atoms with E-state index >= 15 is 0 Å². The molecular weight excluding hydrogens is 192 g/mol. The van der Waals surface area contributed by atoms with Crippen LogP contribution in [0.25, 0.3) is 11.6 Å². The number of nitrogens with zero attached hydrogens (tertiary/aromatic N) is 6. The molecule has 0 spiro atoms. The van der Waals surface area contributed by atoms with Gasteiger partial charge in [0.05, 0.1) is 0 Å². The highest BCUT2D eigenvalue weighted by molar-refractivity contribution is 5.37. The first-order valence-electron chi connectivity index (χ1n) is 4.50. The number of hydrogen-bond donors (Lipinski definition) is 0. The van der Waals surface area contributed by atoms with Crippen LogP contribution >= 0.6 is 0 Å². The lowest BCUT2D eigenvalue weighted by Crippen LogP contribution is -2.04. The lowest BCUT2D eigenvalue weighted by molar-refractivity contribution is 0.846. The summed E-state index contributed by atoms with van der Waals surface area (Å²) in [4.78, 5) is 12.3. The van der Waals surface area contributed by atoms with Crippen molar-refractivity contribution in [2.24, 2.45) is 0 Å². The van der Waals surface area contributed by atoms with Crippen molar-refractivity contribution in [3.05, 3.63) is 36.8 Å². The van der Waals surface area contributed by atoms with Gasteiger partial charge in [0.25, 0.3) is 5.78 Å². The highest BCUT2D eigenvalue weighted by Crippen LogP contribution is 2.09. The average molecular weight is 200 g/mol. The van der Waals surface area contributed by atoms with Gasteiger partial charge in [-0.1, -0.05) is 0 Å². The maximum Gasteiger partial charge on any atom is 0.254 e. The Balaban J connectivity index is 2.38. The van der Waals surface area contributed by atoms with Crippen molar-refractivity contribution in [3.8, 4) is 5.82 Å². The van der Waals surface area contributed by atoms with Gasteiger partial charge in [0, 0.05) is 24.2 Å². The van der Waals surface area contributed by atoms with E-state index in [-0.39, 0.29) is 0 Å². The zero-order chi connectivity index (χ0) is 10.3. The van der Waals surface area contributed by atoms with Gasteiger partial charge in [0.2, 0.25) is 0 Å². The summed E-state index contributed by atoms with van der Waals surface area (Å²) in [5.41, 5.74) is 0.902. The first-order valence-corrected chi connectivity index (χ1v) is 4.50. The lowest BCUT2D eigenvalue weighted by atomic mass is 10.4. The van der Waals surface area contributed by atoms with Crippen molar-refractivity contribution in [1.82, 2.24) is 29.1 Å². The van der Waals surface area contributed by atoms with Crippen molar-refractivity contribution in [2.75, 3.05) is 0 Å². The second kappa shape index (κ2) is 2.88. The normalized spacial score (nSPS) is 11.0. The van der Waals surface area contributed by atoms with Gasteiger partial charge in [-0.25, -0.2) is 9.97 Å². The van der Waals surface area contributed by atoms with Crippen molar-refractivity contribution in [3.63, 3.8) is 0 Å². The van der Waals surface area contributed by atoms with Crippen LogP contribution in [0.3, 0.4) is 0 Å². The molecule has 74 valence electrons. The van der Waals surface area contributed by atoms with Crippen LogP contribution in [-0.4, -0.2) is 29.1 Å². The molecule has 3 aromatic rings. The predicted molar refractivity (Wildman–Crippen MR) is 52.6 cm³/mol. The van der Waals surface area contributed by atoms with E-state index in [0.717, 1.165) is 11.5 Å². The second-order valence-electron chi connectivity index (χ2n) is 3.20. The number of aryl methyl sites for hydroxylation is 1. The molecule has 0 saturated carbocycles. The first kappa shape index (κ1) is 8.10. The fraction of sp³-hybridized carbons (Fsp3) is 0.111. The van der Waals surface area contributed by atoms with E-state index in [0.29, 0.717) is 5.78 Å². The Labute approximate surface area is 85.2 Å². The van der Waals surface area contributed by atoms with Gasteiger partial charge in [-0.3, -0.25) is 4.57 Å². The molecule has 0 unspecified atom stereocenters. The zero-order valence-electron chi connectivity index (χ0n) is 8.07. The largest absolute Gasteiger partial charge is 0.290 e. The third-order valence-electron chi connectivity index (χ3n) is 2.13. The molecule has 6 nitrogen and oxygen atoms in total. The second-order valence-corrected chi connectivity index (χ2v) is 3.20. The summed E-state index contributed by atoms with van der Waals surface area (Å²) < 4.78 is 3.55. The summed E-state index contributed by atoms with van der Waals surface area (Å²) in [6, 6.07) is 1.93. The molecule has 0 radical (unpaired) electrons. The Morgan fingerprint density at radius 3 is 3.07 bits per heavy atom. The minimum Gasteiger partial charge on any atom is -0.290 e. The fourth-order valence-corrected chi connectivity index (χ4v) is 1.49. The van der Waals surface area contributed by atoms with Crippen LogP contribution in [0.1, 0.15) is 5.69 Å². The monoisotopic (exact) mass is 200 g/mol. The highest BCUT2D eigenvalue weighted by atomic mass is 15.4. The van der Waals surface area contributed by atoms with Crippen LogP contribution < -0.4 is 0 Å². The quantitative estimate of drug-likeness (QED) is 0.577. The first-order chi connectivity index (χ1) is 7.34. The van der Waals surface area contributed by atoms with Gasteiger partial charge in [0.15, 0.2) is 0 Å². The van der Waals surface area contributed by atoms with Crippen LogP contribution in [0.5, 0.6) is 0 Å². The zero-order valence-corrected chi connectivity index (χ0v) is 8.07. The van der Waals surface area contributed by atoms with Crippen LogP contribution in [0, 0.1) is 6.92 Å². The van der Waals surface area contributed by atoms with Crippen molar-refractivity contribution < 1.29 is 0 Å². The summed E-state index contributed by atoms with van der Waals surface area (Å²) in [6.45, 7) is 1.93. The summed E-state index contributed by atoms with van der Waals surface area (Å²) in [7, 11) is 0. The summed E-state index contributed by atoms with van der Waals surface area (Å²) >= 11 is 0. The van der Waals surface area contributed by atoms with Crippen molar-refractivity contribution in [2.45, 2.75) is 6.92 Å². The molecule has 0 aliphatic heterocycles. The molecule has 0 amide bonds. The molecule has 0 aliphatic carbocycles. The van der Waals surface area contributed by atoms with Gasteiger partial charge >= 0.3 is 0 Å². The molecule has 0 fully saturated rings. The van der Waals surface area contributed by atoms with E-state index < -0.39 is 0 Å². The third-order valence-corrected chi connectivity index (χ3v) is 2.13. The Bertz CT molecular complexity index is 594. The van der Waals surface area contributed by atoms with Crippen LogP contribution in [0.2, 0.25) is 0 Å². The van der Waals surface area contributed by atoms with Crippen molar-refractivity contribution in [1.29, 1.82) is 0 Å². The molecule has 6 heteroatoms. The number of imidazole rings is 1. The van der Waals surface area contributed by atoms with Gasteiger partial charge in [-0.05, 0) is 6.92 Å². The number of hydrogen-bond acceptors (Lipinski definition) is 4. The summed E-state index contributed by atoms with van der Waals surface area (Å²) in [6.07, 6.45) is 6.78. The third kappa shape index (κ3) is 1.18. The van der Waals surface area contributed by atoms with Crippen LogP contribution in [-0.2, 0) is 0 Å². The summed E-state index contributed by atoms with van der Waals surface area (Å²) in [5.74, 6) is 1.48. The SMILES string of the molecule is Cc1cc(-n2ccnc2)n2ncnc2n1. The van der Waals surface area contributed by atoms with Crippen LogP contribution in [0.15, 0.2) is 31.1 Å². The Kier molecular flexibility index (Phi) is 1.55. The Hall–Kier alpha value is -2.24. The number of fused-ring (bicyclic) bond motifs is 1. The molecule has 0 N–H and O–H groups in total. The topological polar surface area (TPSA) is 60.9 Å². The molecule has 3 aromatic heterocycles. The van der Waals surface area contributed by atoms with Gasteiger partial charge in [0.1, 0.15) is 18.5 Å². The Morgan fingerprint density at radius 2 is 2.27 bits per heavy atom. The standard InChI is InChI=1S/C9H8N6/c1-7-4-8(14-3-2-10-6-14)15-9(13-7)11-5-12-15/h2-6H,1H3. The smallest absolute Gasteiger partial charge is 0.254 e. The highest BCUT2D eigenvalue weighted by Gasteiger charge is 2.06. The Morgan fingerprint density at radius 1 is 1.33 bits per heavy atom. The number of rotatable bonds is 1. The molecule has 0 atom stereocenters. The fourth-order valence-electron chi connectivity index (χ4n) is 1.49. The van der Waals surface area contributed by atoms with E-state index in [9.17, 15) is 0 Å². The van der Waals surface area contributed by atoms with Crippen LogP contribution in [0.4, 0.5) is 0 Å². The molecule has 0 aromatic carbocycles. The molecule has 0 aliphatic rings. The molecule has 0 bridgehead atoms. The van der Waals surface area contributed by atoms with E-state index in [2.05, 4.69) is 20.1 Å². The molecule has 3 rings (SSSR count). The predicted octanol–water partition coefficient (Wildman–Crippen LogP) is 0.618. The van der Waals surface area contributed by atoms with E-state index in [4.69, 9.17) is 0 Å². The lowest BCUT2D eigenvalue weighted by Gasteiger charge is -2.04.